The second-order valence-corrected chi connectivity index (χ2v) is 3.15. The van der Waals surface area contributed by atoms with Crippen LogP contribution in [0.15, 0.2) is 30.4 Å². The molecule has 1 saturated heterocycles. The molecule has 0 bridgehead atoms. The number of allylic oxidation sites excluding steroid dienone is 1. The summed E-state index contributed by atoms with van der Waals surface area (Å²) in [5.74, 6) is 0.973. The van der Waals surface area contributed by atoms with Crippen molar-refractivity contribution in [3.05, 3.63) is 25.4 Å². The van der Waals surface area contributed by atoms with Crippen LogP contribution in [0.5, 0.6) is 0 Å². The largest absolute Gasteiger partial charge is 0.317 e. The molecule has 1 heterocycles. The third-order valence-electron chi connectivity index (χ3n) is 1.92. The normalized spacial score (nSPS) is 14.2. The summed E-state index contributed by atoms with van der Waals surface area (Å²) in [6, 6.07) is 0. The number of piperidine rings is 1. The molecule has 0 unspecified atom stereocenters. The Morgan fingerprint density at radius 3 is 1.71 bits per heavy atom. The molecule has 0 saturated carbocycles. The fraction of sp³-hybridized carbons (Fsp3) is 0.667. The maximum absolute atomic E-state index is 3.61. The summed E-state index contributed by atoms with van der Waals surface area (Å²) in [4.78, 5) is 3.61. The van der Waals surface area contributed by atoms with E-state index in [0.717, 1.165) is 5.92 Å². The van der Waals surface area contributed by atoms with Crippen molar-refractivity contribution in [2.24, 2.45) is 10.9 Å². The Hall–Kier alpha value is -0.890. The zero-order valence-electron chi connectivity index (χ0n) is 12.5. The Morgan fingerprint density at radius 2 is 1.53 bits per heavy atom. The molecule has 1 rings (SSSR count). The molecule has 0 atom stereocenters. The van der Waals surface area contributed by atoms with Gasteiger partial charge in [-0.15, -0.1) is 0 Å². The topological polar surface area (TPSA) is 24.4 Å². The fourth-order valence-corrected chi connectivity index (χ4v) is 1.09. The minimum atomic E-state index is 0.973. The van der Waals surface area contributed by atoms with Gasteiger partial charge in [-0.2, -0.15) is 0 Å². The molecule has 0 aromatic rings. The Kier molecular flexibility index (Phi) is 30.7. The number of nitrogens with zero attached hydrogens (tertiary/aromatic N) is 1. The first-order valence-corrected chi connectivity index (χ1v) is 6.77. The van der Waals surface area contributed by atoms with Gasteiger partial charge >= 0.3 is 0 Å². The van der Waals surface area contributed by atoms with Crippen molar-refractivity contribution >= 4 is 6.21 Å². The molecule has 0 aromatic heterocycles. The summed E-state index contributed by atoms with van der Waals surface area (Å²) in [6.07, 6.45) is 7.39. The zero-order chi connectivity index (χ0) is 13.9. The van der Waals surface area contributed by atoms with E-state index in [0.29, 0.717) is 0 Å². The number of aliphatic imine (C=N–C) groups is 1. The van der Waals surface area contributed by atoms with E-state index in [2.05, 4.69) is 30.4 Å². The Morgan fingerprint density at radius 1 is 1.06 bits per heavy atom. The smallest absolute Gasteiger partial charge is 0.0261 e. The highest BCUT2D eigenvalue weighted by Crippen LogP contribution is 2.08. The van der Waals surface area contributed by atoms with Crippen LogP contribution in [0.1, 0.15) is 47.5 Å². The predicted molar refractivity (Wildman–Crippen MR) is 82.8 cm³/mol. The van der Waals surface area contributed by atoms with Crippen LogP contribution in [0.2, 0.25) is 0 Å². The van der Waals surface area contributed by atoms with E-state index in [1.165, 1.54) is 32.1 Å². The molecule has 17 heavy (non-hydrogen) atoms. The highest BCUT2D eigenvalue weighted by Gasteiger charge is 2.04. The summed E-state index contributed by atoms with van der Waals surface area (Å²) >= 11 is 0. The molecule has 0 aliphatic carbocycles. The van der Waals surface area contributed by atoms with E-state index in [-0.39, 0.29) is 0 Å². The third kappa shape index (κ3) is 25.4. The lowest BCUT2D eigenvalue weighted by Crippen LogP contribution is -2.26. The van der Waals surface area contributed by atoms with Crippen LogP contribution >= 0.6 is 0 Å². The summed E-state index contributed by atoms with van der Waals surface area (Å²) in [5, 5.41) is 3.32. The van der Waals surface area contributed by atoms with Crippen molar-refractivity contribution in [3.8, 4) is 0 Å². The second-order valence-electron chi connectivity index (χ2n) is 3.15. The first kappa shape index (κ1) is 21.4. The Bertz CT molecular complexity index is 146. The molecule has 1 aliphatic heterocycles. The van der Waals surface area contributed by atoms with Gasteiger partial charge in [-0.05, 0) is 31.8 Å². The van der Waals surface area contributed by atoms with Gasteiger partial charge < -0.3 is 5.32 Å². The van der Waals surface area contributed by atoms with Crippen molar-refractivity contribution in [2.45, 2.75) is 47.5 Å². The molecule has 0 aromatic carbocycles. The zero-order valence-corrected chi connectivity index (χ0v) is 12.5. The molecule has 1 fully saturated rings. The van der Waals surface area contributed by atoms with Crippen LogP contribution in [-0.4, -0.2) is 19.3 Å². The quantitative estimate of drug-likeness (QED) is 0.709. The molecule has 0 radical (unpaired) electrons. The van der Waals surface area contributed by atoms with Gasteiger partial charge in [0, 0.05) is 12.4 Å². The van der Waals surface area contributed by atoms with E-state index >= 15 is 0 Å². The summed E-state index contributed by atoms with van der Waals surface area (Å²) in [5.41, 5.74) is 0. The van der Waals surface area contributed by atoms with Gasteiger partial charge in [0.1, 0.15) is 0 Å². The molecular formula is C15H32N2. The molecule has 2 heteroatoms. The third-order valence-corrected chi connectivity index (χ3v) is 1.92. The maximum atomic E-state index is 3.61. The van der Waals surface area contributed by atoms with Crippen molar-refractivity contribution < 1.29 is 0 Å². The first-order valence-electron chi connectivity index (χ1n) is 6.77. The van der Waals surface area contributed by atoms with E-state index in [1.807, 2.05) is 27.7 Å². The molecular weight excluding hydrogens is 208 g/mol. The van der Waals surface area contributed by atoms with Gasteiger partial charge in [0.05, 0.1) is 0 Å². The highest BCUT2D eigenvalue weighted by atomic mass is 14.9. The Labute approximate surface area is 109 Å². The van der Waals surface area contributed by atoms with Crippen molar-refractivity contribution in [1.29, 1.82) is 0 Å². The van der Waals surface area contributed by atoms with Crippen LogP contribution in [0.3, 0.4) is 0 Å². The van der Waals surface area contributed by atoms with Crippen LogP contribution < -0.4 is 5.32 Å². The molecule has 0 spiro atoms. The molecule has 102 valence electrons. The molecule has 0 amide bonds. The second kappa shape index (κ2) is 24.4. The van der Waals surface area contributed by atoms with E-state index in [9.17, 15) is 0 Å². The van der Waals surface area contributed by atoms with E-state index in [1.54, 1.807) is 12.3 Å². The first-order chi connectivity index (χ1) is 8.31. The van der Waals surface area contributed by atoms with E-state index in [4.69, 9.17) is 0 Å². The molecule has 1 N–H and O–H groups in total. The van der Waals surface area contributed by atoms with Gasteiger partial charge in [-0.3, -0.25) is 4.99 Å². The van der Waals surface area contributed by atoms with Gasteiger partial charge in [0.2, 0.25) is 0 Å². The van der Waals surface area contributed by atoms with Gasteiger partial charge in [0.15, 0.2) is 0 Å². The lowest BCUT2D eigenvalue weighted by molar-refractivity contribution is 0.402. The maximum Gasteiger partial charge on any atom is 0.0261 e. The number of rotatable bonds is 2. The molecule has 2 nitrogen and oxygen atoms in total. The number of hydrogen-bond donors (Lipinski definition) is 1. The van der Waals surface area contributed by atoms with Gasteiger partial charge in [0.25, 0.3) is 0 Å². The monoisotopic (exact) mass is 240 g/mol. The van der Waals surface area contributed by atoms with Crippen molar-refractivity contribution in [1.82, 2.24) is 5.32 Å². The van der Waals surface area contributed by atoms with Gasteiger partial charge in [-0.25, -0.2) is 0 Å². The standard InChI is InChI=1S/C6H13N.C5H7N.2C2H6/c1-6-2-4-7-5-3-6;1-3-5-6-4-2;2*1-2/h6-7H,2-5H2,1H3;3-5H,1-2H2;2*1-2H3. The highest BCUT2D eigenvalue weighted by molar-refractivity contribution is 5.70. The summed E-state index contributed by atoms with van der Waals surface area (Å²) in [6.45, 7) is 19.5. The minimum Gasteiger partial charge on any atom is -0.317 e. The van der Waals surface area contributed by atoms with Crippen LogP contribution in [0.25, 0.3) is 0 Å². The summed E-state index contributed by atoms with van der Waals surface area (Å²) < 4.78 is 0. The molecule has 1 aliphatic rings. The van der Waals surface area contributed by atoms with Crippen LogP contribution in [0, 0.1) is 5.92 Å². The van der Waals surface area contributed by atoms with Crippen molar-refractivity contribution in [3.63, 3.8) is 0 Å². The predicted octanol–water partition coefficient (Wildman–Crippen LogP) is 4.45. The number of nitrogens with one attached hydrogen (secondary N) is 1. The summed E-state index contributed by atoms with van der Waals surface area (Å²) in [7, 11) is 0. The van der Waals surface area contributed by atoms with E-state index < -0.39 is 0 Å². The fourth-order valence-electron chi connectivity index (χ4n) is 1.09. The Balaban J connectivity index is -0.000000180. The van der Waals surface area contributed by atoms with Crippen molar-refractivity contribution in [2.75, 3.05) is 13.1 Å². The van der Waals surface area contributed by atoms with Gasteiger partial charge in [-0.1, -0.05) is 53.9 Å². The SMILES string of the molecule is C=CC=NC=C.CC.CC.CC1CCNCC1. The van der Waals surface area contributed by atoms with Crippen LogP contribution in [-0.2, 0) is 0 Å². The average Bonchev–Trinajstić information content (AvgIpc) is 2.42. The lowest BCUT2D eigenvalue weighted by atomic mass is 10.0. The number of hydrogen-bond acceptors (Lipinski definition) is 2. The lowest BCUT2D eigenvalue weighted by Gasteiger charge is -2.17. The van der Waals surface area contributed by atoms with Crippen LogP contribution in [0.4, 0.5) is 0 Å². The average molecular weight is 240 g/mol. The minimum absolute atomic E-state index is 0.973.